The molecule has 4 aliphatic carbocycles. The maximum atomic E-state index is 2.73. The predicted octanol–water partition coefficient (Wildman–Crippen LogP) is 23.4. The minimum atomic E-state index is -0.151. The molecule has 0 unspecified atom stereocenters. The van der Waals surface area contributed by atoms with E-state index in [1.54, 1.807) is 0 Å². The van der Waals surface area contributed by atoms with Crippen LogP contribution in [0.15, 0.2) is 303 Å². The van der Waals surface area contributed by atoms with Gasteiger partial charge in [0, 0.05) is 91.0 Å². The van der Waals surface area contributed by atoms with Crippen LogP contribution in [0.25, 0.3) is 0 Å². The predicted molar refractivity (Wildman–Crippen MR) is 449 cm³/mol. The third-order valence-electron chi connectivity index (χ3n) is 25.5. The number of para-hydroxylation sites is 10. The molecular weight excluding hydrogens is 1280 g/mol. The highest BCUT2D eigenvalue weighted by Gasteiger charge is 2.50. The van der Waals surface area contributed by atoms with Crippen LogP contribution < -0.4 is 62.2 Å². The summed E-state index contributed by atoms with van der Waals surface area (Å²) in [7, 11) is 0. The van der Waals surface area contributed by atoms with Gasteiger partial charge in [0.05, 0.1) is 11.4 Å². The van der Waals surface area contributed by atoms with Crippen molar-refractivity contribution in [2.75, 3.05) is 29.4 Å². The molecule has 6 nitrogen and oxygen atoms in total. The lowest BCUT2D eigenvalue weighted by Gasteiger charge is -2.48. The molecule has 514 valence electrons. The molecule has 4 fully saturated rings. The molecule has 0 N–H and O–H groups in total. The van der Waals surface area contributed by atoms with Crippen molar-refractivity contribution in [3.63, 3.8) is 0 Å². The lowest BCUT2D eigenvalue weighted by atomic mass is 9.30. The maximum absolute atomic E-state index is 2.73. The summed E-state index contributed by atoms with van der Waals surface area (Å²) in [6.07, 6.45) is 19.8. The fraction of sp³-hybridized carbons (Fsp3) is 0.204. The standard InChI is InChI=1S/C98H86B2N6/c1-5-41-71(42-6-1)101-89-59-31-25-53-81(89)99-83-65-84-92(66-91(83)103(73-45-9-3-10-46-73)95-63-75(61-93(101)97(95)99)105(85-55-27-21-49-77(85)67-33-13-14-34-67)86-56-28-22-50-78(86)68-35-15-16-36-68)104(74-47-11-4-12-48-74)96-64-76(62-94-98(96)100(84)82-54-26-32-60-90(82)102(94)72-43-7-2-8-44-72)106(87-57-29-23-51-79(87)69-37-17-18-38-69)88-58-30-24-52-80(88)70-39-19-20-40-70/h1-12,21-32,41-70H,13-20,33-40H2. The van der Waals surface area contributed by atoms with Crippen LogP contribution in [-0.4, -0.2) is 13.4 Å². The van der Waals surface area contributed by atoms with Crippen LogP contribution in [0.2, 0.25) is 0 Å². The lowest BCUT2D eigenvalue weighted by Crippen LogP contribution is -2.65. The molecule has 0 amide bonds. The Balaban J connectivity index is 0.867. The number of rotatable bonds is 14. The molecule has 0 aromatic heterocycles. The highest BCUT2D eigenvalue weighted by atomic mass is 15.2. The molecule has 0 atom stereocenters. The molecule has 0 spiro atoms. The molecule has 13 aromatic carbocycles. The largest absolute Gasteiger partial charge is 0.311 e. The number of fused-ring (bicyclic) bond motifs is 8. The average molecular weight is 1370 g/mol. The van der Waals surface area contributed by atoms with Crippen LogP contribution in [0.3, 0.4) is 0 Å². The van der Waals surface area contributed by atoms with Crippen molar-refractivity contribution in [1.29, 1.82) is 0 Å². The SMILES string of the molecule is c1ccc(N2c3ccccc3B3c4cc5c(cc4N(c4ccccc4)c4cc(N(c6ccccc6C6CCCC6)c6ccccc6C6CCCC6)cc2c43)N(c2ccccc2)c2cc(N(c3ccccc3C3CCCC3)c3ccccc3C3CCCC3)cc3c2B5c2ccccc2N3c2ccccc2)cc1. The van der Waals surface area contributed by atoms with E-state index in [1.165, 1.54) is 237 Å². The Labute approximate surface area is 626 Å². The first kappa shape index (κ1) is 63.3. The molecule has 0 bridgehead atoms. The number of nitrogens with zero attached hydrogens (tertiary/aromatic N) is 6. The molecule has 4 saturated carbocycles. The zero-order valence-electron chi connectivity index (χ0n) is 60.3. The van der Waals surface area contributed by atoms with E-state index in [0.29, 0.717) is 23.7 Å². The molecule has 8 heteroatoms. The van der Waals surface area contributed by atoms with Gasteiger partial charge in [0.1, 0.15) is 0 Å². The van der Waals surface area contributed by atoms with E-state index in [1.807, 2.05) is 0 Å². The molecule has 13 aromatic rings. The van der Waals surface area contributed by atoms with E-state index < -0.39 is 0 Å². The van der Waals surface area contributed by atoms with E-state index >= 15 is 0 Å². The van der Waals surface area contributed by atoms with Crippen LogP contribution in [0.1, 0.15) is 149 Å². The zero-order valence-corrected chi connectivity index (χ0v) is 60.3. The fourth-order valence-electron chi connectivity index (χ4n) is 20.9. The third kappa shape index (κ3) is 10.4. The van der Waals surface area contributed by atoms with Crippen molar-refractivity contribution < 1.29 is 0 Å². The van der Waals surface area contributed by atoms with Gasteiger partial charge in [-0.25, -0.2) is 0 Å². The van der Waals surface area contributed by atoms with Gasteiger partial charge in [0.25, 0.3) is 13.4 Å². The normalized spacial score (nSPS) is 16.6. The van der Waals surface area contributed by atoms with E-state index in [0.717, 1.165) is 22.7 Å². The minimum Gasteiger partial charge on any atom is -0.311 e. The Morgan fingerprint density at radius 2 is 0.462 bits per heavy atom. The van der Waals surface area contributed by atoms with Crippen LogP contribution >= 0.6 is 0 Å². The van der Waals surface area contributed by atoms with E-state index in [9.17, 15) is 0 Å². The Kier molecular flexibility index (Phi) is 15.8. The molecule has 0 saturated heterocycles. The van der Waals surface area contributed by atoms with E-state index in [-0.39, 0.29) is 13.4 Å². The van der Waals surface area contributed by atoms with E-state index in [2.05, 4.69) is 333 Å². The Morgan fingerprint density at radius 1 is 0.217 bits per heavy atom. The highest BCUT2D eigenvalue weighted by Crippen LogP contribution is 2.56. The second kappa shape index (κ2) is 26.4. The van der Waals surface area contributed by atoms with Crippen molar-refractivity contribution in [3.05, 3.63) is 326 Å². The Hall–Kier alpha value is -11.2. The van der Waals surface area contributed by atoms with Gasteiger partial charge < -0.3 is 29.4 Å². The summed E-state index contributed by atoms with van der Waals surface area (Å²) in [4.78, 5) is 16.0. The third-order valence-corrected chi connectivity index (χ3v) is 25.5. The highest BCUT2D eigenvalue weighted by molar-refractivity contribution is 7.03. The molecule has 4 aliphatic heterocycles. The van der Waals surface area contributed by atoms with Gasteiger partial charge in [-0.05, 0) is 245 Å². The Bertz CT molecular complexity index is 5030. The summed E-state index contributed by atoms with van der Waals surface area (Å²) in [6.45, 7) is -0.302. The minimum absolute atomic E-state index is 0.151. The number of benzene rings is 13. The van der Waals surface area contributed by atoms with Crippen LogP contribution in [0, 0.1) is 0 Å². The molecule has 106 heavy (non-hydrogen) atoms. The molecule has 0 radical (unpaired) electrons. The van der Waals surface area contributed by atoms with Crippen molar-refractivity contribution in [2.45, 2.75) is 126 Å². The number of hydrogen-bond acceptors (Lipinski definition) is 6. The topological polar surface area (TPSA) is 19.4 Å². The first-order valence-corrected chi connectivity index (χ1v) is 39.7. The van der Waals surface area contributed by atoms with Gasteiger partial charge in [0.15, 0.2) is 0 Å². The summed E-state index contributed by atoms with van der Waals surface area (Å²) in [5, 5.41) is 0. The Morgan fingerprint density at radius 3 is 0.755 bits per heavy atom. The smallest absolute Gasteiger partial charge is 0.252 e. The maximum Gasteiger partial charge on any atom is 0.252 e. The molecule has 8 aliphatic rings. The number of anilines is 18. The molecular formula is C98H86B2N6. The summed E-state index contributed by atoms with van der Waals surface area (Å²) in [6, 6.07) is 118. The molecule has 4 heterocycles. The van der Waals surface area contributed by atoms with Crippen molar-refractivity contribution in [1.82, 2.24) is 0 Å². The van der Waals surface area contributed by atoms with Crippen LogP contribution in [0.5, 0.6) is 0 Å². The summed E-state index contributed by atoms with van der Waals surface area (Å²) < 4.78 is 0. The number of hydrogen-bond donors (Lipinski definition) is 0. The first-order valence-electron chi connectivity index (χ1n) is 39.7. The second-order valence-electron chi connectivity index (χ2n) is 31.3. The fourth-order valence-corrected chi connectivity index (χ4v) is 20.9. The lowest BCUT2D eigenvalue weighted by molar-refractivity contribution is 0.717. The van der Waals surface area contributed by atoms with Crippen molar-refractivity contribution in [3.8, 4) is 0 Å². The van der Waals surface area contributed by atoms with Gasteiger partial charge in [-0.1, -0.05) is 239 Å². The monoisotopic (exact) mass is 1370 g/mol. The summed E-state index contributed by atoms with van der Waals surface area (Å²) >= 11 is 0. The van der Waals surface area contributed by atoms with Crippen molar-refractivity contribution in [2.24, 2.45) is 0 Å². The average Bonchev–Trinajstić information content (AvgIpc) is 0.748. The van der Waals surface area contributed by atoms with Crippen molar-refractivity contribution >= 4 is 149 Å². The quantitative estimate of drug-likeness (QED) is 0.100. The first-order chi connectivity index (χ1) is 52.7. The van der Waals surface area contributed by atoms with Gasteiger partial charge >= 0.3 is 0 Å². The molecule has 21 rings (SSSR count). The van der Waals surface area contributed by atoms with Crippen LogP contribution in [0.4, 0.5) is 102 Å². The summed E-state index contributed by atoms with van der Waals surface area (Å²) in [5.74, 6) is 1.93. The zero-order chi connectivity index (χ0) is 69.8. The van der Waals surface area contributed by atoms with Crippen LogP contribution in [-0.2, 0) is 0 Å². The summed E-state index contributed by atoms with van der Waals surface area (Å²) in [5.41, 5.74) is 35.3. The van der Waals surface area contributed by atoms with E-state index in [4.69, 9.17) is 0 Å². The van der Waals surface area contributed by atoms with Gasteiger partial charge in [0.2, 0.25) is 0 Å². The van der Waals surface area contributed by atoms with Gasteiger partial charge in [-0.15, -0.1) is 0 Å². The second-order valence-corrected chi connectivity index (χ2v) is 31.3. The van der Waals surface area contributed by atoms with Gasteiger partial charge in [-0.3, -0.25) is 0 Å². The van der Waals surface area contributed by atoms with Gasteiger partial charge in [-0.2, -0.15) is 0 Å².